The highest BCUT2D eigenvalue weighted by molar-refractivity contribution is 5.93. The molecule has 2 aromatic rings. The fourth-order valence-corrected chi connectivity index (χ4v) is 1.68. The molecule has 0 fully saturated rings. The van der Waals surface area contributed by atoms with Crippen molar-refractivity contribution in [2.45, 2.75) is 6.92 Å². The number of aromatic nitrogens is 2. The Morgan fingerprint density at radius 2 is 2.12 bits per heavy atom. The summed E-state index contributed by atoms with van der Waals surface area (Å²) in [4.78, 5) is 19.8. The molecule has 0 amide bonds. The predicted molar refractivity (Wildman–Crippen MR) is 63.5 cm³/mol. The van der Waals surface area contributed by atoms with Crippen LogP contribution in [0.25, 0.3) is 11.3 Å². The number of hydrogen-bond acceptors (Lipinski definition) is 4. The van der Waals surface area contributed by atoms with E-state index in [1.54, 1.807) is 24.7 Å². The van der Waals surface area contributed by atoms with Crippen molar-refractivity contribution < 1.29 is 9.53 Å². The second kappa shape index (κ2) is 4.74. The molecule has 1 aromatic heterocycles. The standard InChI is InChI=1S/C13H12N2O2/c1-9-10(12-8-14-6-7-15-12)4-3-5-11(9)13(16)17-2/h3-8H,1-2H3. The molecule has 2 rings (SSSR count). The van der Waals surface area contributed by atoms with Gasteiger partial charge in [-0.25, -0.2) is 4.79 Å². The number of nitrogens with zero attached hydrogens (tertiary/aromatic N) is 2. The lowest BCUT2D eigenvalue weighted by Crippen LogP contribution is -2.04. The molecular formula is C13H12N2O2. The van der Waals surface area contributed by atoms with Gasteiger partial charge >= 0.3 is 5.97 Å². The Kier molecular flexibility index (Phi) is 3.14. The number of ether oxygens (including phenoxy) is 1. The van der Waals surface area contributed by atoms with Crippen LogP contribution in [0, 0.1) is 6.92 Å². The lowest BCUT2D eigenvalue weighted by atomic mass is 10.0. The highest BCUT2D eigenvalue weighted by Gasteiger charge is 2.13. The van der Waals surface area contributed by atoms with Crippen molar-refractivity contribution in [2.24, 2.45) is 0 Å². The summed E-state index contributed by atoms with van der Waals surface area (Å²) in [5.74, 6) is -0.340. The van der Waals surface area contributed by atoms with E-state index in [9.17, 15) is 4.79 Å². The summed E-state index contributed by atoms with van der Waals surface area (Å²) in [6, 6.07) is 5.45. The van der Waals surface area contributed by atoms with Gasteiger partial charge in [0.1, 0.15) is 0 Å². The summed E-state index contributed by atoms with van der Waals surface area (Å²) >= 11 is 0. The number of rotatable bonds is 2. The molecule has 0 bridgehead atoms. The quantitative estimate of drug-likeness (QED) is 0.740. The van der Waals surface area contributed by atoms with Gasteiger partial charge in [-0.05, 0) is 18.6 Å². The van der Waals surface area contributed by atoms with Crippen molar-refractivity contribution in [1.29, 1.82) is 0 Å². The molecule has 0 atom stereocenters. The van der Waals surface area contributed by atoms with Gasteiger partial charge in [0.2, 0.25) is 0 Å². The Morgan fingerprint density at radius 3 is 2.76 bits per heavy atom. The average Bonchev–Trinajstić information content (AvgIpc) is 2.39. The molecule has 1 aromatic carbocycles. The highest BCUT2D eigenvalue weighted by atomic mass is 16.5. The Labute approximate surface area is 99.3 Å². The van der Waals surface area contributed by atoms with Crippen molar-refractivity contribution in [1.82, 2.24) is 9.97 Å². The summed E-state index contributed by atoms with van der Waals surface area (Å²) in [6.45, 7) is 1.87. The largest absolute Gasteiger partial charge is 0.465 e. The fourth-order valence-electron chi connectivity index (χ4n) is 1.68. The maximum atomic E-state index is 11.6. The third kappa shape index (κ3) is 2.15. The fraction of sp³-hybridized carbons (Fsp3) is 0.154. The van der Waals surface area contributed by atoms with E-state index in [0.29, 0.717) is 5.56 Å². The Morgan fingerprint density at radius 1 is 1.29 bits per heavy atom. The molecule has 4 nitrogen and oxygen atoms in total. The van der Waals surface area contributed by atoms with Crippen LogP contribution < -0.4 is 0 Å². The van der Waals surface area contributed by atoms with Gasteiger partial charge in [0, 0.05) is 18.0 Å². The molecule has 0 aliphatic rings. The number of esters is 1. The van der Waals surface area contributed by atoms with E-state index >= 15 is 0 Å². The van der Waals surface area contributed by atoms with Crippen LogP contribution in [0.2, 0.25) is 0 Å². The van der Waals surface area contributed by atoms with Crippen LogP contribution >= 0.6 is 0 Å². The molecule has 4 heteroatoms. The summed E-state index contributed by atoms with van der Waals surface area (Å²) in [5.41, 5.74) is 3.03. The van der Waals surface area contributed by atoms with Crippen molar-refractivity contribution in [2.75, 3.05) is 7.11 Å². The molecule has 86 valence electrons. The minimum absolute atomic E-state index is 0.340. The van der Waals surface area contributed by atoms with Gasteiger partial charge in [-0.3, -0.25) is 9.97 Å². The van der Waals surface area contributed by atoms with E-state index in [1.165, 1.54) is 7.11 Å². The molecule has 0 unspecified atom stereocenters. The topological polar surface area (TPSA) is 52.1 Å². The summed E-state index contributed by atoms with van der Waals surface area (Å²) in [7, 11) is 1.37. The highest BCUT2D eigenvalue weighted by Crippen LogP contribution is 2.23. The lowest BCUT2D eigenvalue weighted by molar-refractivity contribution is 0.0600. The molecule has 0 spiro atoms. The smallest absolute Gasteiger partial charge is 0.338 e. The third-order valence-corrected chi connectivity index (χ3v) is 2.58. The average molecular weight is 228 g/mol. The van der Waals surface area contributed by atoms with Gasteiger partial charge in [-0.15, -0.1) is 0 Å². The summed E-state index contributed by atoms with van der Waals surface area (Å²) in [6.07, 6.45) is 4.91. The van der Waals surface area contributed by atoms with Gasteiger partial charge in [0.15, 0.2) is 0 Å². The zero-order chi connectivity index (χ0) is 12.3. The molecule has 17 heavy (non-hydrogen) atoms. The first-order valence-electron chi connectivity index (χ1n) is 5.18. The molecule has 0 aliphatic heterocycles. The third-order valence-electron chi connectivity index (χ3n) is 2.58. The van der Waals surface area contributed by atoms with Crippen LogP contribution in [0.15, 0.2) is 36.8 Å². The minimum atomic E-state index is -0.340. The minimum Gasteiger partial charge on any atom is -0.465 e. The number of carbonyl (C=O) groups excluding carboxylic acids is 1. The molecule has 1 heterocycles. The van der Waals surface area contributed by atoms with Gasteiger partial charge in [0.05, 0.1) is 24.6 Å². The van der Waals surface area contributed by atoms with E-state index in [4.69, 9.17) is 4.74 Å². The van der Waals surface area contributed by atoms with Crippen LogP contribution in [0.5, 0.6) is 0 Å². The number of methoxy groups -OCH3 is 1. The normalized spacial score (nSPS) is 10.0. The van der Waals surface area contributed by atoms with Crippen molar-refractivity contribution in [3.63, 3.8) is 0 Å². The van der Waals surface area contributed by atoms with Crippen LogP contribution in [-0.2, 0) is 4.74 Å². The number of carbonyl (C=O) groups is 1. The monoisotopic (exact) mass is 228 g/mol. The van der Waals surface area contributed by atoms with E-state index < -0.39 is 0 Å². The van der Waals surface area contributed by atoms with Crippen molar-refractivity contribution >= 4 is 5.97 Å². The second-order valence-electron chi connectivity index (χ2n) is 3.56. The summed E-state index contributed by atoms with van der Waals surface area (Å²) < 4.78 is 4.73. The number of hydrogen-bond donors (Lipinski definition) is 0. The first-order valence-corrected chi connectivity index (χ1v) is 5.18. The van der Waals surface area contributed by atoms with Crippen LogP contribution in [0.4, 0.5) is 0 Å². The van der Waals surface area contributed by atoms with Crippen LogP contribution in [-0.4, -0.2) is 23.0 Å². The molecule has 0 saturated carbocycles. The first kappa shape index (κ1) is 11.3. The van der Waals surface area contributed by atoms with E-state index in [1.807, 2.05) is 19.1 Å². The van der Waals surface area contributed by atoms with E-state index in [2.05, 4.69) is 9.97 Å². The summed E-state index contributed by atoms with van der Waals surface area (Å²) in [5, 5.41) is 0. The second-order valence-corrected chi connectivity index (χ2v) is 3.56. The van der Waals surface area contributed by atoms with Gasteiger partial charge in [-0.1, -0.05) is 12.1 Å². The molecule has 0 aliphatic carbocycles. The van der Waals surface area contributed by atoms with Crippen LogP contribution in [0.1, 0.15) is 15.9 Å². The van der Waals surface area contributed by atoms with E-state index in [0.717, 1.165) is 16.8 Å². The zero-order valence-electron chi connectivity index (χ0n) is 9.68. The SMILES string of the molecule is COC(=O)c1cccc(-c2cnccn2)c1C. The maximum absolute atomic E-state index is 11.6. The van der Waals surface area contributed by atoms with Crippen molar-refractivity contribution in [3.8, 4) is 11.3 Å². The van der Waals surface area contributed by atoms with Gasteiger partial charge < -0.3 is 4.74 Å². The molecular weight excluding hydrogens is 216 g/mol. The zero-order valence-corrected chi connectivity index (χ0v) is 9.68. The van der Waals surface area contributed by atoms with E-state index in [-0.39, 0.29) is 5.97 Å². The Balaban J connectivity index is 2.54. The molecule has 0 saturated heterocycles. The maximum Gasteiger partial charge on any atom is 0.338 e. The van der Waals surface area contributed by atoms with Gasteiger partial charge in [-0.2, -0.15) is 0 Å². The predicted octanol–water partition coefficient (Wildman–Crippen LogP) is 2.24. The molecule has 0 radical (unpaired) electrons. The van der Waals surface area contributed by atoms with Crippen molar-refractivity contribution in [3.05, 3.63) is 47.9 Å². The molecule has 0 N–H and O–H groups in total. The number of benzene rings is 1. The van der Waals surface area contributed by atoms with Crippen LogP contribution in [0.3, 0.4) is 0 Å². The first-order chi connectivity index (χ1) is 8.24. The Bertz CT molecular complexity index is 538. The van der Waals surface area contributed by atoms with Gasteiger partial charge in [0.25, 0.3) is 0 Å². The lowest BCUT2D eigenvalue weighted by Gasteiger charge is -2.08. The Hall–Kier alpha value is -2.23.